The normalized spacial score (nSPS) is 23.4. The van der Waals surface area contributed by atoms with Crippen molar-refractivity contribution in [3.8, 4) is 0 Å². The highest BCUT2D eigenvalue weighted by Gasteiger charge is 2.28. The molecule has 1 fully saturated rings. The molecule has 1 aliphatic heterocycles. The van der Waals surface area contributed by atoms with Gasteiger partial charge in [0.05, 0.1) is 24.4 Å². The summed E-state index contributed by atoms with van der Waals surface area (Å²) in [5.41, 5.74) is 1.71. The Morgan fingerprint density at radius 1 is 1.53 bits per heavy atom. The second-order valence-electron chi connectivity index (χ2n) is 4.67. The third-order valence-corrected chi connectivity index (χ3v) is 3.31. The predicted molar refractivity (Wildman–Crippen MR) is 71.9 cm³/mol. The molecule has 0 saturated carbocycles. The van der Waals surface area contributed by atoms with Crippen molar-refractivity contribution in [3.05, 3.63) is 24.4 Å². The first kappa shape index (κ1) is 12.1. The lowest BCUT2D eigenvalue weighted by Gasteiger charge is -2.29. The van der Waals surface area contributed by atoms with E-state index >= 15 is 0 Å². The Morgan fingerprint density at radius 2 is 2.42 bits per heavy atom. The number of ether oxygens (including phenoxy) is 1. The third-order valence-electron chi connectivity index (χ3n) is 3.31. The fourth-order valence-electron chi connectivity index (χ4n) is 2.27. The van der Waals surface area contributed by atoms with Gasteiger partial charge in [-0.3, -0.25) is 9.89 Å². The average Bonchev–Trinajstić information content (AvgIpc) is 2.86. The van der Waals surface area contributed by atoms with Gasteiger partial charge >= 0.3 is 0 Å². The van der Waals surface area contributed by atoms with Gasteiger partial charge in [0, 0.05) is 17.6 Å². The molecule has 0 unspecified atom stereocenters. The number of H-pyrrole nitrogens is 1. The van der Waals surface area contributed by atoms with Crippen molar-refractivity contribution in [2.24, 2.45) is 0 Å². The molecule has 0 bridgehead atoms. The van der Waals surface area contributed by atoms with Crippen LogP contribution in [0.3, 0.4) is 0 Å². The Balaban J connectivity index is 1.74. The predicted octanol–water partition coefficient (Wildman–Crippen LogP) is 0.878. The van der Waals surface area contributed by atoms with Gasteiger partial charge in [-0.25, -0.2) is 0 Å². The van der Waals surface area contributed by atoms with Crippen LogP contribution in [0.5, 0.6) is 0 Å². The smallest absolute Gasteiger partial charge is 0.244 e. The average molecular weight is 260 g/mol. The maximum atomic E-state index is 12.2. The molecule has 0 spiro atoms. The van der Waals surface area contributed by atoms with Crippen LogP contribution < -0.4 is 10.6 Å². The van der Waals surface area contributed by atoms with E-state index in [1.165, 1.54) is 0 Å². The molecule has 6 heteroatoms. The number of carbonyl (C=O) groups is 1. The minimum absolute atomic E-state index is 0.0740. The molecule has 100 valence electrons. The standard InChI is InChI=1S/C13H16N4O2/c1-8-12(14-4-5-19-8)13(18)16-10-2-3-11-9(6-10)7-15-17-11/h2-3,6-8,12,14H,4-5H2,1H3,(H,15,17)(H,16,18)/t8-,12+/m1/s1. The molecule has 1 aliphatic rings. The van der Waals surface area contributed by atoms with E-state index in [0.29, 0.717) is 13.2 Å². The van der Waals surface area contributed by atoms with Gasteiger partial charge in [0.15, 0.2) is 0 Å². The van der Waals surface area contributed by atoms with Crippen molar-refractivity contribution in [2.75, 3.05) is 18.5 Å². The largest absolute Gasteiger partial charge is 0.375 e. The van der Waals surface area contributed by atoms with Crippen LogP contribution in [0.1, 0.15) is 6.92 Å². The van der Waals surface area contributed by atoms with Crippen molar-refractivity contribution in [1.82, 2.24) is 15.5 Å². The first-order chi connectivity index (χ1) is 9.24. The summed E-state index contributed by atoms with van der Waals surface area (Å²) in [6.45, 7) is 3.24. The topological polar surface area (TPSA) is 79.0 Å². The lowest BCUT2D eigenvalue weighted by Crippen LogP contribution is -2.53. The van der Waals surface area contributed by atoms with Gasteiger partial charge in [-0.15, -0.1) is 0 Å². The van der Waals surface area contributed by atoms with Gasteiger partial charge in [0.25, 0.3) is 0 Å². The number of nitrogens with one attached hydrogen (secondary N) is 3. The number of aromatic nitrogens is 2. The van der Waals surface area contributed by atoms with Crippen LogP contribution in [0, 0.1) is 0 Å². The van der Waals surface area contributed by atoms with E-state index in [1.807, 2.05) is 25.1 Å². The molecule has 0 aliphatic carbocycles. The highest BCUT2D eigenvalue weighted by atomic mass is 16.5. The summed E-state index contributed by atoms with van der Waals surface area (Å²) in [5.74, 6) is -0.0740. The number of nitrogens with zero attached hydrogens (tertiary/aromatic N) is 1. The van der Waals surface area contributed by atoms with Gasteiger partial charge < -0.3 is 15.4 Å². The summed E-state index contributed by atoms with van der Waals surface area (Å²) in [6.07, 6.45) is 1.61. The molecule has 1 aromatic carbocycles. The number of fused-ring (bicyclic) bond motifs is 1. The van der Waals surface area contributed by atoms with Crippen LogP contribution >= 0.6 is 0 Å². The Kier molecular flexibility index (Phi) is 3.18. The van der Waals surface area contributed by atoms with Crippen LogP contribution in [0.15, 0.2) is 24.4 Å². The summed E-state index contributed by atoms with van der Waals surface area (Å²) >= 11 is 0. The van der Waals surface area contributed by atoms with E-state index in [1.54, 1.807) is 6.20 Å². The molecule has 1 saturated heterocycles. The van der Waals surface area contributed by atoms with Crippen molar-refractivity contribution >= 4 is 22.5 Å². The Morgan fingerprint density at radius 3 is 3.26 bits per heavy atom. The van der Waals surface area contributed by atoms with Crippen LogP contribution in [-0.4, -0.2) is 41.4 Å². The summed E-state index contributed by atoms with van der Waals surface area (Å²) < 4.78 is 5.47. The van der Waals surface area contributed by atoms with E-state index in [4.69, 9.17) is 4.74 Å². The SMILES string of the molecule is C[C@H]1OCCN[C@@H]1C(=O)Nc1ccc2[nH]ncc2c1. The number of morpholine rings is 1. The highest BCUT2D eigenvalue weighted by Crippen LogP contribution is 2.17. The maximum Gasteiger partial charge on any atom is 0.244 e. The fourth-order valence-corrected chi connectivity index (χ4v) is 2.27. The molecule has 3 rings (SSSR count). The van der Waals surface area contributed by atoms with Crippen LogP contribution in [0.25, 0.3) is 10.9 Å². The lowest BCUT2D eigenvalue weighted by atomic mass is 10.1. The van der Waals surface area contributed by atoms with E-state index < -0.39 is 0 Å². The summed E-state index contributed by atoms with van der Waals surface area (Å²) in [5, 5.41) is 13.9. The number of anilines is 1. The van der Waals surface area contributed by atoms with Gasteiger partial charge in [-0.05, 0) is 25.1 Å². The van der Waals surface area contributed by atoms with Crippen molar-refractivity contribution < 1.29 is 9.53 Å². The molecular formula is C13H16N4O2. The first-order valence-corrected chi connectivity index (χ1v) is 6.33. The lowest BCUT2D eigenvalue weighted by molar-refractivity contribution is -0.123. The van der Waals surface area contributed by atoms with Crippen molar-refractivity contribution in [1.29, 1.82) is 0 Å². The first-order valence-electron chi connectivity index (χ1n) is 6.33. The Labute approximate surface area is 110 Å². The zero-order valence-corrected chi connectivity index (χ0v) is 10.6. The number of amides is 1. The Bertz CT molecular complexity index is 595. The van der Waals surface area contributed by atoms with Gasteiger partial charge in [0.1, 0.15) is 6.04 Å². The zero-order valence-electron chi connectivity index (χ0n) is 10.6. The van der Waals surface area contributed by atoms with Crippen molar-refractivity contribution in [3.63, 3.8) is 0 Å². The molecule has 6 nitrogen and oxygen atoms in total. The Hall–Kier alpha value is -1.92. The molecular weight excluding hydrogens is 244 g/mol. The fraction of sp³-hybridized carbons (Fsp3) is 0.385. The van der Waals surface area contributed by atoms with Crippen molar-refractivity contribution in [2.45, 2.75) is 19.1 Å². The third kappa shape index (κ3) is 2.45. The number of carbonyl (C=O) groups excluding carboxylic acids is 1. The van der Waals surface area contributed by atoms with E-state index in [2.05, 4.69) is 20.8 Å². The number of benzene rings is 1. The van der Waals surface area contributed by atoms with E-state index in [9.17, 15) is 4.79 Å². The minimum atomic E-state index is -0.311. The molecule has 1 aromatic heterocycles. The van der Waals surface area contributed by atoms with E-state index in [0.717, 1.165) is 16.6 Å². The number of aromatic amines is 1. The second kappa shape index (κ2) is 4.99. The van der Waals surface area contributed by atoms with Gasteiger partial charge in [0.2, 0.25) is 5.91 Å². The zero-order chi connectivity index (χ0) is 13.2. The molecule has 0 radical (unpaired) electrons. The molecule has 3 N–H and O–H groups in total. The number of rotatable bonds is 2. The second-order valence-corrected chi connectivity index (χ2v) is 4.67. The highest BCUT2D eigenvalue weighted by molar-refractivity contribution is 5.97. The van der Waals surface area contributed by atoms with Crippen LogP contribution in [0.4, 0.5) is 5.69 Å². The monoisotopic (exact) mass is 260 g/mol. The quantitative estimate of drug-likeness (QED) is 0.749. The number of hydrogen-bond donors (Lipinski definition) is 3. The molecule has 2 heterocycles. The molecule has 19 heavy (non-hydrogen) atoms. The van der Waals surface area contributed by atoms with Crippen LogP contribution in [-0.2, 0) is 9.53 Å². The van der Waals surface area contributed by atoms with Gasteiger partial charge in [-0.1, -0.05) is 0 Å². The molecule has 1 amide bonds. The number of hydrogen-bond acceptors (Lipinski definition) is 4. The van der Waals surface area contributed by atoms with Gasteiger partial charge in [-0.2, -0.15) is 5.10 Å². The van der Waals surface area contributed by atoms with E-state index in [-0.39, 0.29) is 18.1 Å². The summed E-state index contributed by atoms with van der Waals surface area (Å²) in [6, 6.07) is 5.33. The summed E-state index contributed by atoms with van der Waals surface area (Å²) in [7, 11) is 0. The van der Waals surface area contributed by atoms with Crippen LogP contribution in [0.2, 0.25) is 0 Å². The minimum Gasteiger partial charge on any atom is -0.375 e. The summed E-state index contributed by atoms with van der Waals surface area (Å²) in [4.78, 5) is 12.2. The maximum absolute atomic E-state index is 12.2. The molecule has 2 atom stereocenters. The molecule has 2 aromatic rings.